The number of aromatic hydroxyl groups is 2. The largest absolute Gasteiger partial charge is 0.505 e. The Morgan fingerprint density at radius 2 is 1.56 bits per heavy atom. The van der Waals surface area contributed by atoms with Gasteiger partial charge in [0.25, 0.3) is 0 Å². The Kier molecular flexibility index (Phi) is 6.74. The molecule has 5 rings (SSSR count). The minimum atomic E-state index is -4.85. The third-order valence-electron chi connectivity index (χ3n) is 6.46. The van der Waals surface area contributed by atoms with E-state index < -0.39 is 40.5 Å². The minimum Gasteiger partial charge on any atom is -0.505 e. The summed E-state index contributed by atoms with van der Waals surface area (Å²) in [5.74, 6) is -3.47. The molecule has 0 fully saturated rings. The van der Waals surface area contributed by atoms with Crippen molar-refractivity contribution in [2.75, 3.05) is 0 Å². The van der Waals surface area contributed by atoms with E-state index in [1.165, 1.54) is 36.4 Å². The summed E-state index contributed by atoms with van der Waals surface area (Å²) in [5, 5.41) is 38.9. The SMILES string of the molecule is Cc1cc(C)cc(-n2c(O)c(N=Nc3cccc(-c4cccc(C(=O)O)c4)c3O)c3c(F)cc(C(F)(F)F)cc32)c1. The summed E-state index contributed by atoms with van der Waals surface area (Å²) in [4.78, 5) is 11.4. The van der Waals surface area contributed by atoms with Crippen LogP contribution in [0.4, 0.5) is 28.9 Å². The number of carboxylic acids is 1. The number of aromatic carboxylic acids is 1. The summed E-state index contributed by atoms with van der Waals surface area (Å²) in [5.41, 5.74) is 0.314. The number of carbonyl (C=O) groups is 1. The molecule has 0 bridgehead atoms. The quantitative estimate of drug-likeness (QED) is 0.147. The summed E-state index contributed by atoms with van der Waals surface area (Å²) in [6, 6.07) is 16.4. The fourth-order valence-corrected chi connectivity index (χ4v) is 4.70. The van der Waals surface area contributed by atoms with Crippen LogP contribution < -0.4 is 0 Å². The zero-order valence-electron chi connectivity index (χ0n) is 21.5. The van der Waals surface area contributed by atoms with E-state index in [2.05, 4.69) is 10.2 Å². The Morgan fingerprint density at radius 3 is 2.22 bits per heavy atom. The highest BCUT2D eigenvalue weighted by atomic mass is 19.4. The van der Waals surface area contributed by atoms with E-state index in [1.54, 1.807) is 32.0 Å². The van der Waals surface area contributed by atoms with Crippen molar-refractivity contribution in [3.05, 3.63) is 101 Å². The fraction of sp³-hybridized carbons (Fsp3) is 0.100. The van der Waals surface area contributed by atoms with Crippen LogP contribution in [0.25, 0.3) is 27.7 Å². The van der Waals surface area contributed by atoms with E-state index in [-0.39, 0.29) is 33.8 Å². The zero-order valence-corrected chi connectivity index (χ0v) is 21.5. The number of phenols is 1. The minimum absolute atomic E-state index is 0.00764. The molecule has 11 heteroatoms. The number of halogens is 4. The first-order valence-corrected chi connectivity index (χ1v) is 12.2. The topological polar surface area (TPSA) is 107 Å². The monoisotopic (exact) mass is 563 g/mol. The summed E-state index contributed by atoms with van der Waals surface area (Å²) in [6.07, 6.45) is -4.85. The summed E-state index contributed by atoms with van der Waals surface area (Å²) in [6.45, 7) is 3.53. The number of hydrogen-bond acceptors (Lipinski definition) is 5. The lowest BCUT2D eigenvalue weighted by atomic mass is 10.0. The molecule has 0 aliphatic carbocycles. The lowest BCUT2D eigenvalue weighted by molar-refractivity contribution is -0.137. The van der Waals surface area contributed by atoms with Crippen molar-refractivity contribution in [2.45, 2.75) is 20.0 Å². The van der Waals surface area contributed by atoms with Crippen molar-refractivity contribution < 1.29 is 37.7 Å². The van der Waals surface area contributed by atoms with E-state index in [9.17, 15) is 33.3 Å². The van der Waals surface area contributed by atoms with Crippen LogP contribution in [0.1, 0.15) is 27.0 Å². The predicted octanol–water partition coefficient (Wildman–Crippen LogP) is 8.60. The van der Waals surface area contributed by atoms with Crippen LogP contribution in [0.15, 0.2) is 83.0 Å². The van der Waals surface area contributed by atoms with E-state index in [4.69, 9.17) is 0 Å². The molecule has 0 radical (unpaired) electrons. The molecular weight excluding hydrogens is 542 g/mol. The Labute approximate surface area is 230 Å². The van der Waals surface area contributed by atoms with Gasteiger partial charge in [0.15, 0.2) is 11.4 Å². The molecule has 0 atom stereocenters. The molecule has 1 heterocycles. The number of benzene rings is 4. The third-order valence-corrected chi connectivity index (χ3v) is 6.46. The first kappa shape index (κ1) is 27.4. The maximum atomic E-state index is 15.3. The molecule has 3 N–H and O–H groups in total. The van der Waals surface area contributed by atoms with Crippen LogP contribution in [-0.2, 0) is 6.18 Å². The number of aromatic nitrogens is 1. The number of alkyl halides is 3. The maximum absolute atomic E-state index is 15.3. The van der Waals surface area contributed by atoms with Gasteiger partial charge in [0.05, 0.1) is 22.0 Å². The molecule has 7 nitrogen and oxygen atoms in total. The van der Waals surface area contributed by atoms with E-state index in [0.717, 1.165) is 21.8 Å². The predicted molar refractivity (Wildman–Crippen MR) is 144 cm³/mol. The first-order valence-electron chi connectivity index (χ1n) is 12.2. The summed E-state index contributed by atoms with van der Waals surface area (Å²) >= 11 is 0. The fourth-order valence-electron chi connectivity index (χ4n) is 4.70. The average Bonchev–Trinajstić information content (AvgIpc) is 3.18. The van der Waals surface area contributed by atoms with Crippen molar-refractivity contribution >= 4 is 28.2 Å². The van der Waals surface area contributed by atoms with Crippen molar-refractivity contribution in [1.82, 2.24) is 4.57 Å². The Morgan fingerprint density at radius 1 is 0.878 bits per heavy atom. The number of hydrogen-bond donors (Lipinski definition) is 3. The Balaban J connectivity index is 1.70. The number of carboxylic acid groups (broad SMARTS) is 1. The van der Waals surface area contributed by atoms with Crippen LogP contribution in [0.5, 0.6) is 11.6 Å². The van der Waals surface area contributed by atoms with Crippen molar-refractivity contribution in [1.29, 1.82) is 0 Å². The van der Waals surface area contributed by atoms with Crippen LogP contribution in [0, 0.1) is 19.7 Å². The maximum Gasteiger partial charge on any atom is 0.416 e. The molecule has 0 aliphatic rings. The highest BCUT2D eigenvalue weighted by Crippen LogP contribution is 2.46. The molecule has 208 valence electrons. The highest BCUT2D eigenvalue weighted by Gasteiger charge is 2.34. The Bertz CT molecular complexity index is 1860. The lowest BCUT2D eigenvalue weighted by Crippen LogP contribution is -2.06. The standard InChI is InChI=1S/C30H21F4N3O4/c1-15-9-16(2)11-20(10-15)37-24-14-19(30(32,33)34)13-22(31)25(24)26(28(37)39)36-35-23-8-4-7-21(27(23)38)17-5-3-6-18(12-17)29(40)41/h3-14,38-39H,1-2H3,(H,40,41). The normalized spacial score (nSPS) is 12.0. The van der Waals surface area contributed by atoms with Gasteiger partial charge in [-0.1, -0.05) is 30.3 Å². The van der Waals surface area contributed by atoms with Gasteiger partial charge in [0, 0.05) is 11.3 Å². The number of fused-ring (bicyclic) bond motifs is 1. The van der Waals surface area contributed by atoms with Crippen molar-refractivity contribution in [3.63, 3.8) is 0 Å². The molecule has 5 aromatic rings. The number of nitrogens with zero attached hydrogens (tertiary/aromatic N) is 3. The summed E-state index contributed by atoms with van der Waals surface area (Å²) < 4.78 is 57.1. The first-order chi connectivity index (χ1) is 19.3. The van der Waals surface area contributed by atoms with Crippen LogP contribution in [-0.4, -0.2) is 25.9 Å². The molecule has 0 spiro atoms. The van der Waals surface area contributed by atoms with Gasteiger partial charge in [-0.2, -0.15) is 13.2 Å². The van der Waals surface area contributed by atoms with Crippen LogP contribution >= 0.6 is 0 Å². The number of azo groups is 1. The number of rotatable bonds is 5. The van der Waals surface area contributed by atoms with Gasteiger partial charge in [-0.15, -0.1) is 10.2 Å². The second kappa shape index (κ2) is 10.1. The van der Waals surface area contributed by atoms with Gasteiger partial charge in [-0.25, -0.2) is 9.18 Å². The van der Waals surface area contributed by atoms with Gasteiger partial charge in [-0.3, -0.25) is 4.57 Å². The van der Waals surface area contributed by atoms with Crippen LogP contribution in [0.2, 0.25) is 0 Å². The highest BCUT2D eigenvalue weighted by molar-refractivity contribution is 5.97. The molecule has 1 aromatic heterocycles. The molecule has 0 saturated heterocycles. The second-order valence-corrected chi connectivity index (χ2v) is 9.46. The van der Waals surface area contributed by atoms with Gasteiger partial charge >= 0.3 is 12.1 Å². The molecular formula is C30H21F4N3O4. The van der Waals surface area contributed by atoms with Crippen LogP contribution in [0.3, 0.4) is 0 Å². The van der Waals surface area contributed by atoms with Gasteiger partial charge in [0.2, 0.25) is 5.88 Å². The molecule has 41 heavy (non-hydrogen) atoms. The molecule has 0 saturated carbocycles. The van der Waals surface area contributed by atoms with E-state index >= 15 is 4.39 Å². The van der Waals surface area contributed by atoms with Crippen molar-refractivity contribution in [3.8, 4) is 28.4 Å². The van der Waals surface area contributed by atoms with Gasteiger partial charge in [-0.05, 0) is 73.0 Å². The lowest BCUT2D eigenvalue weighted by Gasteiger charge is -2.11. The number of para-hydroxylation sites is 1. The van der Waals surface area contributed by atoms with Crippen molar-refractivity contribution in [2.24, 2.45) is 10.2 Å². The van der Waals surface area contributed by atoms with E-state index in [0.29, 0.717) is 11.6 Å². The number of aryl methyl sites for hydroxylation is 2. The second-order valence-electron chi connectivity index (χ2n) is 9.46. The number of phenolic OH excluding ortho intramolecular Hbond substituents is 1. The molecule has 0 aliphatic heterocycles. The molecule has 0 unspecified atom stereocenters. The Hall–Kier alpha value is -5.19. The molecule has 4 aromatic carbocycles. The zero-order chi connectivity index (χ0) is 29.6. The summed E-state index contributed by atoms with van der Waals surface area (Å²) in [7, 11) is 0. The average molecular weight is 564 g/mol. The van der Waals surface area contributed by atoms with E-state index in [1.807, 2.05) is 6.07 Å². The molecule has 0 amide bonds. The smallest absolute Gasteiger partial charge is 0.416 e. The van der Waals surface area contributed by atoms with Gasteiger partial charge in [0.1, 0.15) is 11.5 Å². The third kappa shape index (κ3) is 5.09. The van der Waals surface area contributed by atoms with Gasteiger partial charge < -0.3 is 15.3 Å².